The number of carbonyl (C=O) groups excluding carboxylic acids is 1. The van der Waals surface area contributed by atoms with Crippen LogP contribution in [0.2, 0.25) is 0 Å². The van der Waals surface area contributed by atoms with Crippen LogP contribution < -0.4 is 10.0 Å². The SMILES string of the molecule is CC(C)COCCCNC(=O)c1ccc(S(=O)(=O)NCc2ccco2)cc1. The maximum atomic E-state index is 12.3. The first-order chi connectivity index (χ1) is 12.9. The number of rotatable bonds is 11. The third-order valence-electron chi connectivity index (χ3n) is 3.65. The topological polar surface area (TPSA) is 97.6 Å². The molecule has 1 amide bonds. The van der Waals surface area contributed by atoms with Gasteiger partial charge in [0, 0.05) is 25.3 Å². The van der Waals surface area contributed by atoms with Gasteiger partial charge in [-0.3, -0.25) is 4.79 Å². The fourth-order valence-corrected chi connectivity index (χ4v) is 3.24. The fraction of sp³-hybridized carbons (Fsp3) is 0.421. The molecule has 0 aliphatic heterocycles. The number of carbonyl (C=O) groups is 1. The molecule has 1 heterocycles. The highest BCUT2D eigenvalue weighted by Gasteiger charge is 2.15. The maximum Gasteiger partial charge on any atom is 0.251 e. The summed E-state index contributed by atoms with van der Waals surface area (Å²) < 4.78 is 37.5. The number of furan rings is 1. The highest BCUT2D eigenvalue weighted by molar-refractivity contribution is 7.89. The Balaban J connectivity index is 1.80. The van der Waals surface area contributed by atoms with Crippen LogP contribution in [0.5, 0.6) is 0 Å². The summed E-state index contributed by atoms with van der Waals surface area (Å²) in [6.45, 7) is 6.03. The summed E-state index contributed by atoms with van der Waals surface area (Å²) in [5, 5.41) is 2.79. The molecule has 2 rings (SSSR count). The monoisotopic (exact) mass is 394 g/mol. The number of hydrogen-bond donors (Lipinski definition) is 2. The lowest BCUT2D eigenvalue weighted by Crippen LogP contribution is -2.26. The summed E-state index contributed by atoms with van der Waals surface area (Å²) in [6.07, 6.45) is 2.20. The van der Waals surface area contributed by atoms with Crippen LogP contribution in [0.25, 0.3) is 0 Å². The van der Waals surface area contributed by atoms with Crippen LogP contribution in [0.4, 0.5) is 0 Å². The minimum Gasteiger partial charge on any atom is -0.468 e. The van der Waals surface area contributed by atoms with Crippen molar-refractivity contribution in [2.24, 2.45) is 5.92 Å². The molecule has 0 aliphatic carbocycles. The molecule has 0 bridgehead atoms. The van der Waals surface area contributed by atoms with Crippen molar-refractivity contribution >= 4 is 15.9 Å². The van der Waals surface area contributed by atoms with E-state index >= 15 is 0 Å². The number of nitrogens with one attached hydrogen (secondary N) is 2. The van der Waals surface area contributed by atoms with E-state index in [1.807, 2.05) is 0 Å². The Morgan fingerprint density at radius 3 is 2.56 bits per heavy atom. The Morgan fingerprint density at radius 2 is 1.93 bits per heavy atom. The maximum absolute atomic E-state index is 12.3. The minimum atomic E-state index is -3.67. The lowest BCUT2D eigenvalue weighted by Gasteiger charge is -2.09. The largest absolute Gasteiger partial charge is 0.468 e. The van der Waals surface area contributed by atoms with Crippen molar-refractivity contribution in [3.05, 3.63) is 54.0 Å². The van der Waals surface area contributed by atoms with Crippen LogP contribution in [0.1, 0.15) is 36.4 Å². The zero-order valence-electron chi connectivity index (χ0n) is 15.6. The molecule has 0 unspecified atom stereocenters. The van der Waals surface area contributed by atoms with E-state index in [9.17, 15) is 13.2 Å². The Hall–Kier alpha value is -2.16. The summed E-state index contributed by atoms with van der Waals surface area (Å²) in [5.41, 5.74) is 0.406. The van der Waals surface area contributed by atoms with Gasteiger partial charge >= 0.3 is 0 Å². The van der Waals surface area contributed by atoms with Gasteiger partial charge in [0.1, 0.15) is 5.76 Å². The summed E-state index contributed by atoms with van der Waals surface area (Å²) in [7, 11) is -3.67. The van der Waals surface area contributed by atoms with Gasteiger partial charge in [0.25, 0.3) is 5.91 Å². The molecule has 0 fully saturated rings. The Morgan fingerprint density at radius 1 is 1.19 bits per heavy atom. The number of amides is 1. The predicted octanol–water partition coefficient (Wildman–Crippen LogP) is 2.55. The smallest absolute Gasteiger partial charge is 0.251 e. The molecule has 0 aliphatic rings. The van der Waals surface area contributed by atoms with E-state index in [2.05, 4.69) is 23.9 Å². The highest BCUT2D eigenvalue weighted by Crippen LogP contribution is 2.12. The Labute approximate surface area is 160 Å². The normalized spacial score (nSPS) is 11.7. The number of benzene rings is 1. The Kier molecular flexibility index (Phi) is 8.02. The van der Waals surface area contributed by atoms with Gasteiger partial charge < -0.3 is 14.5 Å². The fourth-order valence-electron chi connectivity index (χ4n) is 2.25. The van der Waals surface area contributed by atoms with Crippen molar-refractivity contribution in [1.29, 1.82) is 0 Å². The van der Waals surface area contributed by atoms with E-state index in [0.717, 1.165) is 6.42 Å². The zero-order chi connectivity index (χ0) is 19.7. The van der Waals surface area contributed by atoms with Crippen molar-refractivity contribution in [2.45, 2.75) is 31.7 Å². The Bertz CT molecular complexity index is 799. The van der Waals surface area contributed by atoms with Crippen LogP contribution in [0.15, 0.2) is 52.0 Å². The van der Waals surface area contributed by atoms with E-state index < -0.39 is 10.0 Å². The molecule has 0 atom stereocenters. The third kappa shape index (κ3) is 7.16. The molecule has 1 aromatic heterocycles. The predicted molar refractivity (Wildman–Crippen MR) is 102 cm³/mol. The van der Waals surface area contributed by atoms with E-state index in [1.54, 1.807) is 12.1 Å². The minimum absolute atomic E-state index is 0.0659. The molecule has 2 aromatic rings. The molecular formula is C19H26N2O5S. The van der Waals surface area contributed by atoms with Gasteiger partial charge in [-0.05, 0) is 48.7 Å². The van der Waals surface area contributed by atoms with Crippen molar-refractivity contribution in [2.75, 3.05) is 19.8 Å². The van der Waals surface area contributed by atoms with Crippen molar-refractivity contribution in [3.63, 3.8) is 0 Å². The van der Waals surface area contributed by atoms with E-state index in [1.165, 1.54) is 30.5 Å². The molecule has 0 saturated carbocycles. The number of sulfonamides is 1. The van der Waals surface area contributed by atoms with Gasteiger partial charge in [0.05, 0.1) is 17.7 Å². The van der Waals surface area contributed by atoms with Crippen LogP contribution in [0, 0.1) is 5.92 Å². The molecule has 7 nitrogen and oxygen atoms in total. The van der Waals surface area contributed by atoms with Gasteiger partial charge in [0.2, 0.25) is 10.0 Å². The first-order valence-electron chi connectivity index (χ1n) is 8.86. The van der Waals surface area contributed by atoms with Gasteiger partial charge in [-0.1, -0.05) is 13.8 Å². The average molecular weight is 394 g/mol. The summed E-state index contributed by atoms with van der Waals surface area (Å²) in [4.78, 5) is 12.2. The quantitative estimate of drug-likeness (QED) is 0.571. The highest BCUT2D eigenvalue weighted by atomic mass is 32.2. The van der Waals surface area contributed by atoms with E-state index in [-0.39, 0.29) is 17.3 Å². The summed E-state index contributed by atoms with van der Waals surface area (Å²) in [6, 6.07) is 9.17. The zero-order valence-corrected chi connectivity index (χ0v) is 16.4. The van der Waals surface area contributed by atoms with Crippen LogP contribution >= 0.6 is 0 Å². The lowest BCUT2D eigenvalue weighted by molar-refractivity contribution is 0.0925. The molecule has 2 N–H and O–H groups in total. The molecule has 1 aromatic carbocycles. The van der Waals surface area contributed by atoms with Crippen LogP contribution in [-0.4, -0.2) is 34.1 Å². The van der Waals surface area contributed by atoms with E-state index in [0.29, 0.717) is 37.0 Å². The molecule has 0 saturated heterocycles. The second-order valence-corrected chi connectivity index (χ2v) is 8.27. The van der Waals surface area contributed by atoms with Crippen molar-refractivity contribution < 1.29 is 22.4 Å². The van der Waals surface area contributed by atoms with Crippen molar-refractivity contribution in [3.8, 4) is 0 Å². The molecule has 8 heteroatoms. The molecule has 27 heavy (non-hydrogen) atoms. The number of ether oxygens (including phenoxy) is 1. The molecule has 148 valence electrons. The van der Waals surface area contributed by atoms with Gasteiger partial charge in [-0.15, -0.1) is 0 Å². The molecule has 0 radical (unpaired) electrons. The van der Waals surface area contributed by atoms with Gasteiger partial charge in [-0.2, -0.15) is 0 Å². The first-order valence-corrected chi connectivity index (χ1v) is 10.3. The lowest BCUT2D eigenvalue weighted by atomic mass is 10.2. The average Bonchev–Trinajstić information content (AvgIpc) is 3.16. The van der Waals surface area contributed by atoms with Crippen molar-refractivity contribution in [1.82, 2.24) is 10.0 Å². The molecule has 0 spiro atoms. The van der Waals surface area contributed by atoms with E-state index in [4.69, 9.17) is 9.15 Å². The van der Waals surface area contributed by atoms with Gasteiger partial charge in [0.15, 0.2) is 0 Å². The van der Waals surface area contributed by atoms with Crippen LogP contribution in [-0.2, 0) is 21.3 Å². The second kappa shape index (κ2) is 10.2. The summed E-state index contributed by atoms with van der Waals surface area (Å²) in [5.74, 6) is 0.765. The molecular weight excluding hydrogens is 368 g/mol. The first kappa shape index (κ1) is 21.1. The second-order valence-electron chi connectivity index (χ2n) is 6.51. The van der Waals surface area contributed by atoms with Gasteiger partial charge in [-0.25, -0.2) is 13.1 Å². The standard InChI is InChI=1S/C19H26N2O5S/c1-15(2)14-25-11-4-10-20-19(22)16-6-8-18(9-7-16)27(23,24)21-13-17-5-3-12-26-17/h3,5-9,12,15,21H,4,10-11,13-14H2,1-2H3,(H,20,22). The summed E-state index contributed by atoms with van der Waals surface area (Å²) >= 11 is 0. The van der Waals surface area contributed by atoms with Crippen LogP contribution in [0.3, 0.4) is 0 Å². The third-order valence-corrected chi connectivity index (χ3v) is 5.06. The number of hydrogen-bond acceptors (Lipinski definition) is 5.